The van der Waals surface area contributed by atoms with E-state index in [1.165, 1.54) is 32.1 Å². The summed E-state index contributed by atoms with van der Waals surface area (Å²) >= 11 is 0. The third-order valence-corrected chi connectivity index (χ3v) is 2.47. The van der Waals surface area contributed by atoms with Gasteiger partial charge in [-0.2, -0.15) is 0 Å². The molecule has 1 fully saturated rings. The van der Waals surface area contributed by atoms with E-state index in [1.54, 1.807) is 0 Å². The molecule has 72 valence electrons. The van der Waals surface area contributed by atoms with Gasteiger partial charge in [-0.25, -0.2) is 0 Å². The first kappa shape index (κ1) is 11.9. The Labute approximate surface area is 80.3 Å². The van der Waals surface area contributed by atoms with Crippen molar-refractivity contribution in [3.05, 3.63) is 0 Å². The molecule has 0 aromatic rings. The van der Waals surface area contributed by atoms with Gasteiger partial charge in [-0.15, -0.1) is 12.4 Å². The Morgan fingerprint density at radius 3 is 2.33 bits per heavy atom. The molecule has 0 amide bonds. The van der Waals surface area contributed by atoms with Crippen molar-refractivity contribution in [1.82, 2.24) is 0 Å². The average molecular weight is 192 g/mol. The van der Waals surface area contributed by atoms with Crippen LogP contribution in [0.2, 0.25) is 0 Å². The van der Waals surface area contributed by atoms with Gasteiger partial charge in [-0.3, -0.25) is 4.79 Å². The van der Waals surface area contributed by atoms with Crippen LogP contribution in [-0.4, -0.2) is 12.3 Å². The topological polar surface area (TPSA) is 43.1 Å². The van der Waals surface area contributed by atoms with Crippen molar-refractivity contribution in [2.45, 2.75) is 38.5 Å². The van der Waals surface area contributed by atoms with Crippen molar-refractivity contribution in [1.29, 1.82) is 0 Å². The lowest BCUT2D eigenvalue weighted by atomic mass is 9.86. The molecule has 1 rings (SSSR count). The molecule has 0 heterocycles. The fourth-order valence-corrected chi connectivity index (χ4v) is 1.80. The molecule has 1 saturated carbocycles. The summed E-state index contributed by atoms with van der Waals surface area (Å²) in [6.07, 6.45) is 7.19. The second-order valence-corrected chi connectivity index (χ2v) is 3.45. The Kier molecular flexibility index (Phi) is 6.39. The van der Waals surface area contributed by atoms with Gasteiger partial charge in [0.2, 0.25) is 0 Å². The standard InChI is InChI=1S/C9H17NO.ClH/c10-7-9(11)6-8-4-2-1-3-5-8;/h8H,1-7,10H2;1H. The number of carbonyl (C=O) groups is 1. The van der Waals surface area contributed by atoms with E-state index in [1.807, 2.05) is 0 Å². The number of nitrogens with two attached hydrogens (primary N) is 1. The molecule has 0 radical (unpaired) electrons. The third-order valence-electron chi connectivity index (χ3n) is 2.47. The molecule has 0 bridgehead atoms. The van der Waals surface area contributed by atoms with Crippen molar-refractivity contribution in [3.63, 3.8) is 0 Å². The molecule has 1 aliphatic rings. The van der Waals surface area contributed by atoms with Crippen molar-refractivity contribution in [2.75, 3.05) is 6.54 Å². The molecule has 0 aromatic heterocycles. The van der Waals surface area contributed by atoms with Gasteiger partial charge in [0, 0.05) is 6.42 Å². The molecule has 3 heteroatoms. The van der Waals surface area contributed by atoms with Gasteiger partial charge < -0.3 is 5.73 Å². The van der Waals surface area contributed by atoms with E-state index in [2.05, 4.69) is 0 Å². The predicted octanol–water partition coefficient (Wildman–Crippen LogP) is 1.91. The fourth-order valence-electron chi connectivity index (χ4n) is 1.80. The summed E-state index contributed by atoms with van der Waals surface area (Å²) in [5, 5.41) is 0. The maximum absolute atomic E-state index is 11.0. The van der Waals surface area contributed by atoms with E-state index in [0.717, 1.165) is 6.42 Å². The second kappa shape index (κ2) is 6.44. The highest BCUT2D eigenvalue weighted by Crippen LogP contribution is 2.26. The molecule has 2 nitrogen and oxygen atoms in total. The lowest BCUT2D eigenvalue weighted by molar-refractivity contribution is -0.118. The summed E-state index contributed by atoms with van der Waals surface area (Å²) in [6.45, 7) is 0.233. The number of hydrogen-bond donors (Lipinski definition) is 1. The van der Waals surface area contributed by atoms with Gasteiger partial charge in [0.25, 0.3) is 0 Å². The Hall–Kier alpha value is -0.0800. The van der Waals surface area contributed by atoms with Crippen LogP contribution in [0.3, 0.4) is 0 Å². The van der Waals surface area contributed by atoms with E-state index >= 15 is 0 Å². The van der Waals surface area contributed by atoms with Crippen molar-refractivity contribution in [3.8, 4) is 0 Å². The Morgan fingerprint density at radius 2 is 1.83 bits per heavy atom. The van der Waals surface area contributed by atoms with E-state index in [9.17, 15) is 4.79 Å². The molecule has 0 aromatic carbocycles. The maximum atomic E-state index is 11.0. The van der Waals surface area contributed by atoms with Crippen LogP contribution >= 0.6 is 12.4 Å². The van der Waals surface area contributed by atoms with E-state index in [0.29, 0.717) is 5.92 Å². The Morgan fingerprint density at radius 1 is 1.25 bits per heavy atom. The van der Waals surface area contributed by atoms with Crippen molar-refractivity contribution in [2.24, 2.45) is 11.7 Å². The normalized spacial score (nSPS) is 18.4. The summed E-state index contributed by atoms with van der Waals surface area (Å²) in [5.41, 5.74) is 5.24. The molecule has 0 atom stereocenters. The highest BCUT2D eigenvalue weighted by Gasteiger charge is 2.15. The minimum Gasteiger partial charge on any atom is -0.324 e. The zero-order chi connectivity index (χ0) is 8.10. The number of rotatable bonds is 3. The molecule has 0 spiro atoms. The average Bonchev–Trinajstić information content (AvgIpc) is 2.06. The van der Waals surface area contributed by atoms with Gasteiger partial charge in [0.1, 0.15) is 5.78 Å². The smallest absolute Gasteiger partial charge is 0.146 e. The molecular formula is C9H18ClNO. The Bertz CT molecular complexity index is 132. The van der Waals surface area contributed by atoms with Crippen LogP contribution in [0.4, 0.5) is 0 Å². The number of halogens is 1. The van der Waals surface area contributed by atoms with Gasteiger partial charge in [0.05, 0.1) is 6.54 Å². The van der Waals surface area contributed by atoms with Crippen LogP contribution in [0.15, 0.2) is 0 Å². The van der Waals surface area contributed by atoms with E-state index < -0.39 is 0 Å². The lowest BCUT2D eigenvalue weighted by Gasteiger charge is -2.20. The number of hydrogen-bond acceptors (Lipinski definition) is 2. The molecule has 1 aliphatic carbocycles. The maximum Gasteiger partial charge on any atom is 0.146 e. The number of carbonyl (C=O) groups excluding carboxylic acids is 1. The first-order valence-electron chi connectivity index (χ1n) is 4.54. The molecule has 0 aliphatic heterocycles. The summed E-state index contributed by atoms with van der Waals surface area (Å²) < 4.78 is 0. The lowest BCUT2D eigenvalue weighted by Crippen LogP contribution is -2.18. The van der Waals surface area contributed by atoms with Gasteiger partial charge in [0.15, 0.2) is 0 Å². The molecule has 12 heavy (non-hydrogen) atoms. The predicted molar refractivity (Wildman–Crippen MR) is 52.5 cm³/mol. The molecule has 2 N–H and O–H groups in total. The van der Waals surface area contributed by atoms with Crippen LogP contribution in [-0.2, 0) is 4.79 Å². The Balaban J connectivity index is 0.00000121. The largest absolute Gasteiger partial charge is 0.324 e. The monoisotopic (exact) mass is 191 g/mol. The van der Waals surface area contributed by atoms with Crippen LogP contribution in [0.1, 0.15) is 38.5 Å². The number of Topliss-reactive ketones (excluding diaryl/α,β-unsaturated/α-hetero) is 1. The summed E-state index contributed by atoms with van der Waals surface area (Å²) in [7, 11) is 0. The summed E-state index contributed by atoms with van der Waals surface area (Å²) in [4.78, 5) is 11.0. The third kappa shape index (κ3) is 4.07. The minimum absolute atomic E-state index is 0. The molecule has 0 unspecified atom stereocenters. The van der Waals surface area contributed by atoms with Crippen LogP contribution in [0, 0.1) is 5.92 Å². The van der Waals surface area contributed by atoms with Crippen LogP contribution in [0.25, 0.3) is 0 Å². The van der Waals surface area contributed by atoms with Gasteiger partial charge in [-0.1, -0.05) is 32.1 Å². The zero-order valence-electron chi connectivity index (χ0n) is 7.42. The van der Waals surface area contributed by atoms with Crippen molar-refractivity contribution < 1.29 is 4.79 Å². The van der Waals surface area contributed by atoms with E-state index in [-0.39, 0.29) is 24.7 Å². The van der Waals surface area contributed by atoms with Crippen molar-refractivity contribution >= 4 is 18.2 Å². The second-order valence-electron chi connectivity index (χ2n) is 3.45. The van der Waals surface area contributed by atoms with Crippen LogP contribution < -0.4 is 5.73 Å². The zero-order valence-corrected chi connectivity index (χ0v) is 8.24. The fraction of sp³-hybridized carbons (Fsp3) is 0.889. The highest BCUT2D eigenvalue weighted by molar-refractivity contribution is 5.85. The highest BCUT2D eigenvalue weighted by atomic mass is 35.5. The number of ketones is 1. The first-order chi connectivity index (χ1) is 5.33. The molecular weight excluding hydrogens is 174 g/mol. The summed E-state index contributed by atoms with van der Waals surface area (Å²) in [6, 6.07) is 0. The quantitative estimate of drug-likeness (QED) is 0.741. The SMILES string of the molecule is Cl.NCC(=O)CC1CCCCC1. The minimum atomic E-state index is 0. The van der Waals surface area contributed by atoms with E-state index in [4.69, 9.17) is 5.73 Å². The molecule has 0 saturated heterocycles. The van der Waals surface area contributed by atoms with Crippen LogP contribution in [0.5, 0.6) is 0 Å². The van der Waals surface area contributed by atoms with Gasteiger partial charge in [-0.05, 0) is 5.92 Å². The van der Waals surface area contributed by atoms with Gasteiger partial charge >= 0.3 is 0 Å². The first-order valence-corrected chi connectivity index (χ1v) is 4.54. The summed E-state index contributed by atoms with van der Waals surface area (Å²) in [5.74, 6) is 0.886.